The minimum Gasteiger partial charge on any atom is -0.446 e. The van der Waals surface area contributed by atoms with Gasteiger partial charge in [0.1, 0.15) is 6.67 Å². The van der Waals surface area contributed by atoms with E-state index in [1.807, 2.05) is 0 Å². The largest absolute Gasteiger partial charge is 0.446 e. The quantitative estimate of drug-likeness (QED) is 0.595. The maximum absolute atomic E-state index is 12.1. The summed E-state index contributed by atoms with van der Waals surface area (Å²) in [6.45, 7) is -1.79. The number of hydrogen-bond acceptors (Lipinski definition) is 2. The first-order valence-corrected chi connectivity index (χ1v) is 4.34. The topological polar surface area (TPSA) is 26.3 Å². The van der Waals surface area contributed by atoms with E-state index in [9.17, 15) is 22.4 Å². The molecule has 0 aliphatic carbocycles. The molecule has 0 N–H and O–H groups in total. The molecular weight excluding hydrogens is 228 g/mol. The van der Waals surface area contributed by atoms with E-state index in [0.29, 0.717) is 0 Å². The summed E-state index contributed by atoms with van der Waals surface area (Å²) in [7, 11) is 0. The van der Waals surface area contributed by atoms with Crippen molar-refractivity contribution < 1.29 is 27.1 Å². The number of alkyl halides is 4. The van der Waals surface area contributed by atoms with Crippen LogP contribution in [0.25, 0.3) is 0 Å². The average Bonchev–Trinajstić information content (AvgIpc) is 2.25. The summed E-state index contributed by atoms with van der Waals surface area (Å²) in [5.41, 5.74) is -0.0507. The van der Waals surface area contributed by atoms with Crippen molar-refractivity contribution in [2.24, 2.45) is 0 Å². The molecule has 0 aliphatic rings. The molecule has 1 aromatic rings. The molecule has 0 saturated carbocycles. The van der Waals surface area contributed by atoms with Gasteiger partial charge in [-0.05, 0) is 12.1 Å². The molecule has 1 rings (SSSR count). The molecule has 1 aromatic carbocycles. The van der Waals surface area contributed by atoms with Crippen molar-refractivity contribution in [1.29, 1.82) is 0 Å². The normalized spacial score (nSPS) is 13.2. The summed E-state index contributed by atoms with van der Waals surface area (Å²) in [6, 6.07) is 7.10. The van der Waals surface area contributed by atoms with Gasteiger partial charge >= 0.3 is 12.1 Å². The van der Waals surface area contributed by atoms with Crippen LogP contribution in [-0.4, -0.2) is 24.9 Å². The van der Waals surface area contributed by atoms with Crippen LogP contribution in [-0.2, 0) is 4.74 Å². The Bertz CT molecular complexity index is 348. The molecule has 0 bridgehead atoms. The number of benzene rings is 1. The molecule has 0 radical (unpaired) electrons. The number of rotatable bonds is 3. The maximum Gasteiger partial charge on any atom is 0.428 e. The monoisotopic (exact) mass is 236 g/mol. The zero-order valence-corrected chi connectivity index (χ0v) is 8.00. The Kier molecular flexibility index (Phi) is 3.87. The van der Waals surface area contributed by atoms with Gasteiger partial charge in [0.15, 0.2) is 0 Å². The van der Waals surface area contributed by atoms with Crippen molar-refractivity contribution in [3.63, 3.8) is 0 Å². The van der Waals surface area contributed by atoms with Gasteiger partial charge in [0.05, 0.1) is 5.56 Å². The summed E-state index contributed by atoms with van der Waals surface area (Å²) in [6.07, 6.45) is -7.60. The fourth-order valence-corrected chi connectivity index (χ4v) is 0.957. The lowest BCUT2D eigenvalue weighted by molar-refractivity contribution is -0.207. The summed E-state index contributed by atoms with van der Waals surface area (Å²) < 4.78 is 52.3. The standard InChI is InChI=1S/C10H8F4O2/c11-6-8(10(12,13)14)16-9(15)7-4-2-1-3-5-7/h1-5,8H,6H2. The highest BCUT2D eigenvalue weighted by molar-refractivity contribution is 5.89. The van der Waals surface area contributed by atoms with E-state index in [1.54, 1.807) is 6.07 Å². The van der Waals surface area contributed by atoms with Crippen molar-refractivity contribution in [3.8, 4) is 0 Å². The lowest BCUT2D eigenvalue weighted by atomic mass is 10.2. The number of carbonyl (C=O) groups is 1. The number of halogens is 4. The van der Waals surface area contributed by atoms with Crippen molar-refractivity contribution in [1.82, 2.24) is 0 Å². The zero-order chi connectivity index (χ0) is 12.2. The maximum atomic E-state index is 12.1. The van der Waals surface area contributed by atoms with E-state index in [4.69, 9.17) is 0 Å². The van der Waals surface area contributed by atoms with E-state index >= 15 is 0 Å². The molecule has 16 heavy (non-hydrogen) atoms. The lowest BCUT2D eigenvalue weighted by Crippen LogP contribution is -2.35. The highest BCUT2D eigenvalue weighted by Crippen LogP contribution is 2.24. The van der Waals surface area contributed by atoms with Gasteiger partial charge in [-0.2, -0.15) is 13.2 Å². The van der Waals surface area contributed by atoms with Gasteiger partial charge in [0.25, 0.3) is 0 Å². The number of ether oxygens (including phenoxy) is 1. The summed E-state index contributed by atoms with van der Waals surface area (Å²) in [4.78, 5) is 11.2. The van der Waals surface area contributed by atoms with Gasteiger partial charge in [-0.25, -0.2) is 9.18 Å². The van der Waals surface area contributed by atoms with Crippen LogP contribution in [0, 0.1) is 0 Å². The molecule has 88 valence electrons. The lowest BCUT2D eigenvalue weighted by Gasteiger charge is -2.17. The molecule has 0 aliphatic heterocycles. The molecule has 6 heteroatoms. The fraction of sp³-hybridized carbons (Fsp3) is 0.300. The van der Waals surface area contributed by atoms with Crippen LogP contribution in [0.15, 0.2) is 30.3 Å². The van der Waals surface area contributed by atoms with Crippen molar-refractivity contribution in [2.75, 3.05) is 6.67 Å². The second-order valence-corrected chi connectivity index (χ2v) is 2.96. The van der Waals surface area contributed by atoms with E-state index in [1.165, 1.54) is 24.3 Å². The van der Waals surface area contributed by atoms with Gasteiger partial charge in [-0.3, -0.25) is 0 Å². The summed E-state index contributed by atoms with van der Waals surface area (Å²) >= 11 is 0. The van der Waals surface area contributed by atoms with Crippen molar-refractivity contribution >= 4 is 5.97 Å². The molecule has 1 unspecified atom stereocenters. The summed E-state index contributed by atoms with van der Waals surface area (Å²) in [5.74, 6) is -1.19. The van der Waals surface area contributed by atoms with Gasteiger partial charge < -0.3 is 4.74 Å². The number of esters is 1. The Labute approximate surface area is 88.8 Å². The van der Waals surface area contributed by atoms with Gasteiger partial charge in [0.2, 0.25) is 6.10 Å². The van der Waals surface area contributed by atoms with E-state index in [0.717, 1.165) is 0 Å². The molecule has 0 spiro atoms. The highest BCUT2D eigenvalue weighted by Gasteiger charge is 2.43. The van der Waals surface area contributed by atoms with Crippen molar-refractivity contribution in [2.45, 2.75) is 12.3 Å². The van der Waals surface area contributed by atoms with E-state index < -0.39 is 24.9 Å². The third kappa shape index (κ3) is 3.22. The molecule has 2 nitrogen and oxygen atoms in total. The smallest absolute Gasteiger partial charge is 0.428 e. The van der Waals surface area contributed by atoms with E-state index in [-0.39, 0.29) is 5.56 Å². The predicted molar refractivity (Wildman–Crippen MR) is 47.7 cm³/mol. The highest BCUT2D eigenvalue weighted by atomic mass is 19.4. The first-order valence-electron chi connectivity index (χ1n) is 4.34. The molecule has 0 amide bonds. The Balaban J connectivity index is 2.71. The molecule has 0 heterocycles. The van der Waals surface area contributed by atoms with Gasteiger partial charge in [-0.15, -0.1) is 0 Å². The Morgan fingerprint density at radius 1 is 1.25 bits per heavy atom. The van der Waals surface area contributed by atoms with Crippen LogP contribution in [0.3, 0.4) is 0 Å². The first kappa shape index (κ1) is 12.5. The Hall–Kier alpha value is -1.59. The Morgan fingerprint density at radius 3 is 2.25 bits per heavy atom. The average molecular weight is 236 g/mol. The van der Waals surface area contributed by atoms with Crippen LogP contribution in [0.4, 0.5) is 17.6 Å². The summed E-state index contributed by atoms with van der Waals surface area (Å²) in [5, 5.41) is 0. The van der Waals surface area contributed by atoms with Gasteiger partial charge in [0, 0.05) is 0 Å². The second-order valence-electron chi connectivity index (χ2n) is 2.96. The minimum atomic E-state index is -4.89. The van der Waals surface area contributed by atoms with Crippen LogP contribution in [0.5, 0.6) is 0 Å². The van der Waals surface area contributed by atoms with E-state index in [2.05, 4.69) is 4.74 Å². The third-order valence-corrected chi connectivity index (χ3v) is 1.76. The SMILES string of the molecule is O=C(OC(CF)C(F)(F)F)c1ccccc1. The molecule has 1 atom stereocenters. The molecule has 0 aromatic heterocycles. The van der Waals surface area contributed by atoms with Crippen LogP contribution >= 0.6 is 0 Å². The van der Waals surface area contributed by atoms with Gasteiger partial charge in [-0.1, -0.05) is 18.2 Å². The second kappa shape index (κ2) is 4.96. The zero-order valence-electron chi connectivity index (χ0n) is 8.00. The fourth-order valence-electron chi connectivity index (χ4n) is 0.957. The predicted octanol–water partition coefficient (Wildman–Crippen LogP) is 2.74. The van der Waals surface area contributed by atoms with Crippen LogP contribution in [0.1, 0.15) is 10.4 Å². The van der Waals surface area contributed by atoms with Crippen LogP contribution in [0.2, 0.25) is 0 Å². The minimum absolute atomic E-state index is 0.0507. The first-order chi connectivity index (χ1) is 7.45. The molecular formula is C10H8F4O2. The number of carbonyl (C=O) groups excluding carboxylic acids is 1. The Morgan fingerprint density at radius 2 is 1.81 bits per heavy atom. The number of hydrogen-bond donors (Lipinski definition) is 0. The molecule has 0 fully saturated rings. The molecule has 0 saturated heterocycles. The third-order valence-electron chi connectivity index (χ3n) is 1.76. The van der Waals surface area contributed by atoms with Crippen LogP contribution < -0.4 is 0 Å². The van der Waals surface area contributed by atoms with Crippen molar-refractivity contribution in [3.05, 3.63) is 35.9 Å².